The maximum atomic E-state index is 13.7. The van der Waals surface area contributed by atoms with Gasteiger partial charge in [0.15, 0.2) is 0 Å². The topological polar surface area (TPSA) is 153 Å². The molecule has 188 valence electrons. The number of hydrogen-bond donors (Lipinski definition) is 0. The molecule has 0 saturated heterocycles. The van der Waals surface area contributed by atoms with Crippen molar-refractivity contribution in [2.24, 2.45) is 0 Å². The van der Waals surface area contributed by atoms with Crippen molar-refractivity contribution >= 4 is 34.8 Å². The number of ether oxygens (including phenoxy) is 1. The van der Waals surface area contributed by atoms with E-state index in [2.05, 4.69) is 0 Å². The molecule has 37 heavy (non-hydrogen) atoms. The van der Waals surface area contributed by atoms with E-state index in [9.17, 15) is 34.6 Å². The van der Waals surface area contributed by atoms with E-state index in [4.69, 9.17) is 4.74 Å². The second-order valence-corrected chi connectivity index (χ2v) is 7.88. The number of anilines is 1. The molecule has 12 nitrogen and oxygen atoms in total. The first kappa shape index (κ1) is 25.0. The predicted molar refractivity (Wildman–Crippen MR) is 131 cm³/mol. The van der Waals surface area contributed by atoms with Crippen LogP contribution in [0.5, 0.6) is 5.75 Å². The highest BCUT2D eigenvalue weighted by molar-refractivity contribution is 6.21. The quantitative estimate of drug-likeness (QED) is 0.242. The smallest absolute Gasteiger partial charge is 0.289 e. The molecule has 1 aliphatic heterocycles. The molecule has 0 fully saturated rings. The zero-order valence-electron chi connectivity index (χ0n) is 19.5. The molecule has 3 aromatic carbocycles. The largest absolute Gasteiger partial charge is 0.492 e. The van der Waals surface area contributed by atoms with Crippen LogP contribution >= 0.6 is 0 Å². The van der Waals surface area contributed by atoms with Crippen LogP contribution in [0, 0.1) is 20.2 Å². The Bertz CT molecular complexity index is 1400. The number of rotatable bonds is 9. The number of nitro benzene ring substituents is 2. The summed E-state index contributed by atoms with van der Waals surface area (Å²) < 4.78 is 5.63. The maximum absolute atomic E-state index is 13.7. The molecule has 0 radical (unpaired) electrons. The Morgan fingerprint density at radius 2 is 1.54 bits per heavy atom. The lowest BCUT2D eigenvalue weighted by molar-refractivity contribution is -0.394. The molecule has 0 saturated carbocycles. The lowest BCUT2D eigenvalue weighted by Crippen LogP contribution is -2.41. The van der Waals surface area contributed by atoms with E-state index in [1.54, 1.807) is 43.3 Å². The fourth-order valence-electron chi connectivity index (χ4n) is 4.04. The lowest BCUT2D eigenvalue weighted by atomic mass is 10.1. The van der Waals surface area contributed by atoms with E-state index >= 15 is 0 Å². The number of carbonyl (C=O) groups excluding carboxylic acids is 3. The van der Waals surface area contributed by atoms with Crippen LogP contribution < -0.4 is 9.64 Å². The van der Waals surface area contributed by atoms with Crippen LogP contribution in [0.15, 0.2) is 66.7 Å². The van der Waals surface area contributed by atoms with E-state index in [-0.39, 0.29) is 36.5 Å². The SMILES string of the molecule is CCOc1ccccc1N(CCN1C(=O)c2ccccc2C1=O)C(=O)c1ccc([N+](=O)[O-])cc1[N+](=O)[O-]. The second kappa shape index (κ2) is 10.2. The van der Waals surface area contributed by atoms with E-state index in [1.807, 2.05) is 0 Å². The minimum Gasteiger partial charge on any atom is -0.492 e. The molecular formula is C25H20N4O8. The van der Waals surface area contributed by atoms with Crippen molar-refractivity contribution < 1.29 is 29.0 Å². The summed E-state index contributed by atoms with van der Waals surface area (Å²) in [5, 5.41) is 22.8. The number of carbonyl (C=O) groups is 3. The highest BCUT2D eigenvalue weighted by Gasteiger charge is 2.36. The predicted octanol–water partition coefficient (Wildman–Crippen LogP) is 3.84. The van der Waals surface area contributed by atoms with Gasteiger partial charge < -0.3 is 9.64 Å². The van der Waals surface area contributed by atoms with Gasteiger partial charge in [-0.1, -0.05) is 24.3 Å². The Kier molecular flexibility index (Phi) is 6.91. The molecule has 3 aromatic rings. The first-order valence-corrected chi connectivity index (χ1v) is 11.2. The number of para-hydroxylation sites is 2. The minimum atomic E-state index is -0.878. The van der Waals surface area contributed by atoms with Gasteiger partial charge in [-0.15, -0.1) is 0 Å². The third-order valence-electron chi connectivity index (χ3n) is 5.75. The fraction of sp³-hybridized carbons (Fsp3) is 0.160. The van der Waals surface area contributed by atoms with Gasteiger partial charge in [0.2, 0.25) is 0 Å². The zero-order valence-corrected chi connectivity index (χ0v) is 19.5. The molecule has 1 heterocycles. The van der Waals surface area contributed by atoms with Crippen molar-refractivity contribution in [2.45, 2.75) is 6.92 Å². The van der Waals surface area contributed by atoms with Crippen LogP contribution in [0.2, 0.25) is 0 Å². The van der Waals surface area contributed by atoms with Crippen LogP contribution in [-0.2, 0) is 0 Å². The number of nitrogens with zero attached hydrogens (tertiary/aromatic N) is 4. The average Bonchev–Trinajstić information content (AvgIpc) is 3.14. The average molecular weight is 504 g/mol. The maximum Gasteiger partial charge on any atom is 0.289 e. The molecule has 0 aromatic heterocycles. The Labute approximate surface area is 210 Å². The number of hydrogen-bond acceptors (Lipinski definition) is 8. The molecule has 0 atom stereocenters. The van der Waals surface area contributed by atoms with Crippen molar-refractivity contribution in [3.05, 3.63) is 104 Å². The van der Waals surface area contributed by atoms with Crippen molar-refractivity contribution in [2.75, 3.05) is 24.6 Å². The Morgan fingerprint density at radius 1 is 0.919 bits per heavy atom. The first-order chi connectivity index (χ1) is 17.7. The normalized spacial score (nSPS) is 12.3. The number of fused-ring (bicyclic) bond motifs is 1. The van der Waals surface area contributed by atoms with Crippen LogP contribution in [0.4, 0.5) is 17.1 Å². The number of nitro groups is 2. The third kappa shape index (κ3) is 4.72. The molecule has 1 aliphatic rings. The van der Waals surface area contributed by atoms with Crippen LogP contribution in [-0.4, -0.2) is 52.2 Å². The Morgan fingerprint density at radius 3 is 2.14 bits per heavy atom. The summed E-state index contributed by atoms with van der Waals surface area (Å²) in [6.07, 6.45) is 0. The van der Waals surface area contributed by atoms with Gasteiger partial charge in [-0.3, -0.25) is 39.5 Å². The molecule has 0 bridgehead atoms. The van der Waals surface area contributed by atoms with Crippen molar-refractivity contribution in [3.8, 4) is 5.75 Å². The Balaban J connectivity index is 1.73. The second-order valence-electron chi connectivity index (χ2n) is 7.88. The zero-order chi connectivity index (χ0) is 26.7. The van der Waals surface area contributed by atoms with Crippen LogP contribution in [0.25, 0.3) is 0 Å². The summed E-state index contributed by atoms with van der Waals surface area (Å²) in [6, 6.07) is 15.5. The summed E-state index contributed by atoms with van der Waals surface area (Å²) >= 11 is 0. The number of benzene rings is 3. The van der Waals surface area contributed by atoms with Crippen molar-refractivity contribution in [1.29, 1.82) is 0 Å². The standard InChI is InChI=1S/C25H20N4O8/c1-2-37-22-10-6-5-9-20(22)26(13-14-27-23(30)17-7-3-4-8-18(17)24(27)31)25(32)19-12-11-16(28(33)34)15-21(19)29(35)36/h3-12,15H,2,13-14H2,1H3. The van der Waals surface area contributed by atoms with E-state index < -0.39 is 44.5 Å². The van der Waals surface area contributed by atoms with E-state index in [0.29, 0.717) is 11.8 Å². The molecule has 3 amide bonds. The third-order valence-corrected chi connectivity index (χ3v) is 5.75. The monoisotopic (exact) mass is 504 g/mol. The van der Waals surface area contributed by atoms with Crippen LogP contribution in [0.3, 0.4) is 0 Å². The van der Waals surface area contributed by atoms with Gasteiger partial charge in [-0.25, -0.2) is 0 Å². The molecule has 12 heteroatoms. The number of non-ortho nitro benzene ring substituents is 1. The molecular weight excluding hydrogens is 484 g/mol. The van der Waals surface area contributed by atoms with Gasteiger partial charge in [-0.2, -0.15) is 0 Å². The van der Waals surface area contributed by atoms with Crippen molar-refractivity contribution in [3.63, 3.8) is 0 Å². The number of amides is 3. The van der Waals surface area contributed by atoms with Crippen LogP contribution in [0.1, 0.15) is 38.0 Å². The highest BCUT2D eigenvalue weighted by atomic mass is 16.6. The first-order valence-electron chi connectivity index (χ1n) is 11.2. The van der Waals surface area contributed by atoms with Gasteiger partial charge in [0, 0.05) is 19.2 Å². The summed E-state index contributed by atoms with van der Waals surface area (Å²) in [4.78, 5) is 62.7. The summed E-state index contributed by atoms with van der Waals surface area (Å²) in [7, 11) is 0. The highest BCUT2D eigenvalue weighted by Crippen LogP contribution is 2.33. The van der Waals surface area contributed by atoms with Gasteiger partial charge in [0.1, 0.15) is 11.3 Å². The summed E-state index contributed by atoms with van der Waals surface area (Å²) in [5.74, 6) is -1.60. The molecule has 0 spiro atoms. The molecule has 0 aliphatic carbocycles. The lowest BCUT2D eigenvalue weighted by Gasteiger charge is -2.26. The molecule has 4 rings (SSSR count). The molecule has 0 N–H and O–H groups in total. The molecule has 0 unspecified atom stereocenters. The van der Waals surface area contributed by atoms with E-state index in [1.165, 1.54) is 12.1 Å². The van der Waals surface area contributed by atoms with Gasteiger partial charge >= 0.3 is 0 Å². The minimum absolute atomic E-state index is 0.209. The summed E-state index contributed by atoms with van der Waals surface area (Å²) in [5.41, 5.74) is -0.963. The fourth-order valence-corrected chi connectivity index (χ4v) is 4.04. The summed E-state index contributed by atoms with van der Waals surface area (Å²) in [6.45, 7) is 1.57. The number of imide groups is 1. The van der Waals surface area contributed by atoms with E-state index in [0.717, 1.165) is 21.9 Å². The van der Waals surface area contributed by atoms with Gasteiger partial charge in [0.25, 0.3) is 29.1 Å². The van der Waals surface area contributed by atoms with Gasteiger partial charge in [-0.05, 0) is 37.3 Å². The van der Waals surface area contributed by atoms with Gasteiger partial charge in [0.05, 0.1) is 39.3 Å². The van der Waals surface area contributed by atoms with Crippen molar-refractivity contribution in [1.82, 2.24) is 4.90 Å². The Hall–Kier alpha value is -5.13.